The van der Waals surface area contributed by atoms with E-state index in [4.69, 9.17) is 4.74 Å². The summed E-state index contributed by atoms with van der Waals surface area (Å²) in [6.45, 7) is 2.01. The summed E-state index contributed by atoms with van der Waals surface area (Å²) in [5.41, 5.74) is 1.95. The summed E-state index contributed by atoms with van der Waals surface area (Å²) in [6, 6.07) is 19.3. The molecule has 3 rings (SSSR count). The van der Waals surface area contributed by atoms with Gasteiger partial charge < -0.3 is 4.74 Å². The highest BCUT2D eigenvalue weighted by molar-refractivity contribution is 9.10. The predicted molar refractivity (Wildman–Crippen MR) is 97.3 cm³/mol. The highest BCUT2D eigenvalue weighted by Gasteiger charge is 2.13. The summed E-state index contributed by atoms with van der Waals surface area (Å²) >= 11 is 3.45. The van der Waals surface area contributed by atoms with E-state index in [0.29, 0.717) is 5.75 Å². The van der Waals surface area contributed by atoms with Crippen molar-refractivity contribution < 1.29 is 9.53 Å². The van der Waals surface area contributed by atoms with E-state index in [1.165, 1.54) is 4.90 Å². The van der Waals surface area contributed by atoms with Crippen LogP contribution in [-0.2, 0) is 0 Å². The molecule has 3 aromatic rings. The minimum absolute atomic E-state index is 0.412. The van der Waals surface area contributed by atoms with Crippen LogP contribution < -0.4 is 9.64 Å². The van der Waals surface area contributed by atoms with E-state index >= 15 is 0 Å². The van der Waals surface area contributed by atoms with Crippen LogP contribution in [-0.4, -0.2) is 13.1 Å². The second-order valence-corrected chi connectivity index (χ2v) is 6.33. The topological polar surface area (TPSA) is 29.5 Å². The minimum Gasteiger partial charge on any atom is -0.410 e. The molecule has 0 aliphatic heterocycles. The molecule has 3 aromatic carbocycles. The highest BCUT2D eigenvalue weighted by Crippen LogP contribution is 2.25. The smallest absolute Gasteiger partial charge is 0.410 e. The molecule has 0 saturated heterocycles. The third-order valence-corrected chi connectivity index (χ3v) is 4.17. The van der Waals surface area contributed by atoms with E-state index in [1.54, 1.807) is 13.1 Å². The molecule has 0 atom stereocenters. The van der Waals surface area contributed by atoms with Gasteiger partial charge in [-0.3, -0.25) is 4.90 Å². The van der Waals surface area contributed by atoms with Crippen LogP contribution >= 0.6 is 15.9 Å². The van der Waals surface area contributed by atoms with Gasteiger partial charge in [0.25, 0.3) is 0 Å². The van der Waals surface area contributed by atoms with Gasteiger partial charge >= 0.3 is 6.09 Å². The second-order valence-electron chi connectivity index (χ2n) is 5.42. The van der Waals surface area contributed by atoms with Crippen molar-refractivity contribution in [2.24, 2.45) is 0 Å². The molecule has 0 aromatic heterocycles. The first-order chi connectivity index (χ1) is 11.0. The fourth-order valence-electron chi connectivity index (χ4n) is 2.30. The first kappa shape index (κ1) is 15.6. The molecule has 0 radical (unpaired) electrons. The molecule has 0 aliphatic carbocycles. The Morgan fingerprint density at radius 2 is 1.61 bits per heavy atom. The Labute approximate surface area is 143 Å². The summed E-state index contributed by atoms with van der Waals surface area (Å²) in [6.07, 6.45) is -0.412. The molecule has 0 fully saturated rings. The SMILES string of the molecule is Cc1ccc(N(C)C(=O)Oc2ccc3cc(Br)ccc3c2)cc1. The predicted octanol–water partition coefficient (Wildman–Crippen LogP) is 5.55. The normalized spacial score (nSPS) is 10.6. The number of aryl methyl sites for hydroxylation is 1. The van der Waals surface area contributed by atoms with Gasteiger partial charge in [-0.05, 0) is 54.1 Å². The number of amides is 1. The van der Waals surface area contributed by atoms with Gasteiger partial charge in [-0.15, -0.1) is 0 Å². The maximum absolute atomic E-state index is 12.3. The van der Waals surface area contributed by atoms with Crippen molar-refractivity contribution in [3.05, 3.63) is 70.7 Å². The molecular weight excluding hydrogens is 354 g/mol. The Balaban J connectivity index is 1.79. The van der Waals surface area contributed by atoms with Gasteiger partial charge in [0.05, 0.1) is 0 Å². The number of hydrogen-bond acceptors (Lipinski definition) is 2. The molecule has 0 unspecified atom stereocenters. The second kappa shape index (κ2) is 6.42. The van der Waals surface area contributed by atoms with E-state index in [0.717, 1.165) is 26.5 Å². The van der Waals surface area contributed by atoms with Crippen molar-refractivity contribution in [2.45, 2.75) is 6.92 Å². The van der Waals surface area contributed by atoms with Gasteiger partial charge in [-0.2, -0.15) is 0 Å². The number of nitrogens with zero attached hydrogens (tertiary/aromatic N) is 1. The molecule has 116 valence electrons. The molecule has 0 spiro atoms. The summed E-state index contributed by atoms with van der Waals surface area (Å²) in [4.78, 5) is 13.8. The lowest BCUT2D eigenvalue weighted by molar-refractivity contribution is 0.209. The third-order valence-electron chi connectivity index (χ3n) is 3.67. The Morgan fingerprint density at radius 1 is 0.957 bits per heavy atom. The molecule has 3 nitrogen and oxygen atoms in total. The Bertz CT molecular complexity index is 859. The van der Waals surface area contributed by atoms with Crippen molar-refractivity contribution in [2.75, 3.05) is 11.9 Å². The molecule has 4 heteroatoms. The van der Waals surface area contributed by atoms with Gasteiger partial charge in [-0.1, -0.05) is 45.8 Å². The zero-order valence-corrected chi connectivity index (χ0v) is 14.5. The maximum Gasteiger partial charge on any atom is 0.419 e. The minimum atomic E-state index is -0.412. The van der Waals surface area contributed by atoms with E-state index in [-0.39, 0.29) is 0 Å². The van der Waals surface area contributed by atoms with Crippen LogP contribution in [0, 0.1) is 6.92 Å². The zero-order chi connectivity index (χ0) is 16.4. The molecule has 1 amide bonds. The number of halogens is 1. The Hall–Kier alpha value is -2.33. The summed E-state index contributed by atoms with van der Waals surface area (Å²) in [7, 11) is 1.70. The molecule has 0 bridgehead atoms. The number of carbonyl (C=O) groups excluding carboxylic acids is 1. The fourth-order valence-corrected chi connectivity index (χ4v) is 2.68. The van der Waals surface area contributed by atoms with E-state index in [9.17, 15) is 4.79 Å². The number of ether oxygens (including phenoxy) is 1. The van der Waals surface area contributed by atoms with Crippen molar-refractivity contribution in [3.8, 4) is 5.75 Å². The summed E-state index contributed by atoms with van der Waals surface area (Å²) in [5.74, 6) is 0.531. The standard InChI is InChI=1S/C19H16BrNO2/c1-13-3-8-17(9-4-13)21(2)19(22)23-18-10-6-14-11-16(20)7-5-15(14)12-18/h3-12H,1-2H3. The third kappa shape index (κ3) is 3.54. The van der Waals surface area contributed by atoms with E-state index in [2.05, 4.69) is 15.9 Å². The lowest BCUT2D eigenvalue weighted by Gasteiger charge is -2.17. The monoisotopic (exact) mass is 369 g/mol. The first-order valence-electron chi connectivity index (χ1n) is 7.24. The Kier molecular flexibility index (Phi) is 4.35. The number of hydrogen-bond donors (Lipinski definition) is 0. The van der Waals surface area contributed by atoms with Crippen LogP contribution in [0.1, 0.15) is 5.56 Å². The van der Waals surface area contributed by atoms with Gasteiger partial charge in [0.1, 0.15) is 5.75 Å². The van der Waals surface area contributed by atoms with Crippen molar-refractivity contribution in [1.29, 1.82) is 0 Å². The molecule has 0 heterocycles. The molecule has 0 aliphatic rings. The molecular formula is C19H16BrNO2. The lowest BCUT2D eigenvalue weighted by Crippen LogP contribution is -2.29. The Morgan fingerprint density at radius 3 is 2.35 bits per heavy atom. The quantitative estimate of drug-likeness (QED) is 0.592. The zero-order valence-electron chi connectivity index (χ0n) is 12.9. The lowest BCUT2D eigenvalue weighted by atomic mass is 10.1. The van der Waals surface area contributed by atoms with Gasteiger partial charge in [0.15, 0.2) is 0 Å². The van der Waals surface area contributed by atoms with Crippen LogP contribution in [0.25, 0.3) is 10.8 Å². The molecule has 0 N–H and O–H groups in total. The fraction of sp³-hybridized carbons (Fsp3) is 0.105. The summed E-state index contributed by atoms with van der Waals surface area (Å²) in [5, 5.41) is 2.11. The van der Waals surface area contributed by atoms with Crippen molar-refractivity contribution in [3.63, 3.8) is 0 Å². The van der Waals surface area contributed by atoms with Crippen LogP contribution in [0.2, 0.25) is 0 Å². The van der Waals surface area contributed by atoms with E-state index in [1.807, 2.05) is 61.5 Å². The van der Waals surface area contributed by atoms with Gasteiger partial charge in [0.2, 0.25) is 0 Å². The molecule has 23 heavy (non-hydrogen) atoms. The van der Waals surface area contributed by atoms with Gasteiger partial charge in [-0.25, -0.2) is 4.79 Å². The van der Waals surface area contributed by atoms with Crippen LogP contribution in [0.5, 0.6) is 5.75 Å². The number of benzene rings is 3. The average Bonchev–Trinajstić information content (AvgIpc) is 2.55. The van der Waals surface area contributed by atoms with Crippen LogP contribution in [0.3, 0.4) is 0 Å². The van der Waals surface area contributed by atoms with Crippen molar-refractivity contribution in [1.82, 2.24) is 0 Å². The maximum atomic E-state index is 12.3. The number of fused-ring (bicyclic) bond motifs is 1. The van der Waals surface area contributed by atoms with Crippen LogP contribution in [0.4, 0.5) is 10.5 Å². The number of carbonyl (C=O) groups is 1. The number of anilines is 1. The number of rotatable bonds is 2. The largest absolute Gasteiger partial charge is 0.419 e. The van der Waals surface area contributed by atoms with Crippen LogP contribution in [0.15, 0.2) is 65.1 Å². The molecule has 0 saturated carbocycles. The van der Waals surface area contributed by atoms with Crippen molar-refractivity contribution >= 4 is 38.5 Å². The summed E-state index contributed by atoms with van der Waals surface area (Å²) < 4.78 is 6.50. The van der Waals surface area contributed by atoms with Gasteiger partial charge in [0, 0.05) is 17.2 Å². The van der Waals surface area contributed by atoms with E-state index < -0.39 is 6.09 Å². The highest BCUT2D eigenvalue weighted by atomic mass is 79.9. The first-order valence-corrected chi connectivity index (χ1v) is 8.04. The average molecular weight is 370 g/mol.